The SMILES string of the molecule is [2H]c1c([2H])c2c(c([2H])c1-c1cccc(-c3c([2H])c([2H])c4c(c3[2H])C(C([2H])([2H])[2H])(C([2H])([2H])[2H])C([2H])([2H])C([2H])([2H])C4(C([2H])([2H])[2H])C([2H])([2H])[2H])c1-[n+]1[c-]n(-c3cccc(Oc4ccc5c6ccccc6n(-c6cc(C([2H])([2H])[2H])c(-c7ccc8c(c7)C(C)(C)CCC8(C)C)cn6)c5c4)c3)c3ccccc31)C(C([2H])([2H])[2H])(C([2H])([2H])[2H])C([2H])([2H])C([2H])([2H])C2(C([2H])([2H])[2H])C([2H])([2H])[2H]. The van der Waals surface area contributed by atoms with Crippen LogP contribution in [0, 0.1) is 13.2 Å². The van der Waals surface area contributed by atoms with Gasteiger partial charge in [0, 0.05) is 76.6 Å². The Morgan fingerprint density at radius 1 is 0.512 bits per heavy atom. The zero-order valence-electron chi connectivity index (χ0n) is 86.9. The van der Waals surface area contributed by atoms with Gasteiger partial charge < -0.3 is 4.74 Å². The van der Waals surface area contributed by atoms with Gasteiger partial charge in [-0.2, -0.15) is 0 Å². The average molecular weight is 1140 g/mol. The van der Waals surface area contributed by atoms with Crippen LogP contribution in [0.15, 0.2) is 176 Å². The third-order valence-electron chi connectivity index (χ3n) is 16.6. The minimum Gasteiger partial charge on any atom is -0.458 e. The lowest BCUT2D eigenvalue weighted by molar-refractivity contribution is -0.571. The fraction of sp³-hybridized carbons (Fsp3) is 0.316. The number of pyridine rings is 1. The quantitative estimate of drug-likeness (QED) is 0.112. The maximum absolute atomic E-state index is 10.4. The van der Waals surface area contributed by atoms with Crippen molar-refractivity contribution < 1.29 is 65.5 Å². The highest BCUT2D eigenvalue weighted by Crippen LogP contribution is 2.51. The van der Waals surface area contributed by atoms with Crippen LogP contribution in [0.5, 0.6) is 11.5 Å². The summed E-state index contributed by atoms with van der Waals surface area (Å²) in [5, 5.41) is 1.42. The predicted octanol–water partition coefficient (Wildman–Crippen LogP) is 20.3. The van der Waals surface area contributed by atoms with E-state index >= 15 is 0 Å². The van der Waals surface area contributed by atoms with E-state index in [9.17, 15) is 19.2 Å². The molecule has 3 aliphatic rings. The number of aryl methyl sites for hydroxylation is 1. The van der Waals surface area contributed by atoms with Crippen molar-refractivity contribution in [2.75, 3.05) is 0 Å². The number of rotatable bonds is 8. The van der Waals surface area contributed by atoms with E-state index in [0.717, 1.165) is 46.6 Å². The predicted molar refractivity (Wildman–Crippen MR) is 349 cm³/mol. The summed E-state index contributed by atoms with van der Waals surface area (Å²) < 4.78 is 391. The van der Waals surface area contributed by atoms with E-state index in [-0.39, 0.29) is 50.4 Å². The summed E-state index contributed by atoms with van der Waals surface area (Å²) in [6.07, 6.45) is -12.9. The molecule has 0 fully saturated rings. The van der Waals surface area contributed by atoms with Gasteiger partial charge in [-0.15, -0.1) is 0 Å². The van der Waals surface area contributed by atoms with Gasteiger partial charge in [0.05, 0.1) is 41.7 Å². The Morgan fingerprint density at radius 3 is 1.77 bits per heavy atom. The molecule has 0 amide bonds. The fourth-order valence-electron chi connectivity index (χ4n) is 12.1. The number of aromatic nitrogens is 4. The highest BCUT2D eigenvalue weighted by Gasteiger charge is 2.40. The van der Waals surface area contributed by atoms with Crippen LogP contribution < -0.4 is 9.30 Å². The summed E-state index contributed by atoms with van der Waals surface area (Å²) in [7, 11) is 0. The molecule has 0 bridgehead atoms. The molecule has 84 heavy (non-hydrogen) atoms. The molecular formula is C79H80N4O. The molecule has 0 aliphatic heterocycles. The topological polar surface area (TPSA) is 35.9 Å². The number of hydrogen-bond acceptors (Lipinski definition) is 2. The molecular weight excluding hydrogens is 1020 g/mol. The Bertz CT molecular complexity index is 6070. The lowest BCUT2D eigenvalue weighted by Gasteiger charge is -2.42. The highest BCUT2D eigenvalue weighted by molar-refractivity contribution is 6.09. The Balaban J connectivity index is 1.06. The maximum Gasteiger partial charge on any atom is 0.269 e. The van der Waals surface area contributed by atoms with Crippen LogP contribution in [0.2, 0.25) is 0 Å². The third kappa shape index (κ3) is 8.77. The minimum atomic E-state index is -4.87. The van der Waals surface area contributed by atoms with E-state index in [1.807, 2.05) is 24.3 Å². The molecule has 11 aromatic rings. The van der Waals surface area contributed by atoms with Crippen molar-refractivity contribution in [1.82, 2.24) is 14.1 Å². The standard InChI is InChI=1S/C79H80N4O/c1-50-42-72(80-48-61(50)53-30-35-64-67(45-53)79(12,13)41-38-76(64,6)7)83-68-25-15-14-22-59(68)60-32-31-56(47-71(60)83)84-55-21-18-20-54(46-55)81-49-82(70-27-17-16-26-69(70)81)73-57(51-28-33-62-65(43-51)77(8,9)39-36-74(62,2)3)23-19-24-58(73)52-29-34-63-66(44-52)78(10,11)40-37-75(63,4)5/h14-35,42-48H,36-41H2,1-13H3/i1D3,2D3,3D3,4D3,5D3,8D3,9D3,10D3,11D3,28D,29D,33D,34D,36D2,37D2,39D2,40D2,43D,44D. The summed E-state index contributed by atoms with van der Waals surface area (Å²) in [4.78, 5) is 4.97. The molecule has 422 valence electrons. The molecule has 0 radical (unpaired) electrons. The molecule has 5 nitrogen and oxygen atoms in total. The molecule has 0 unspecified atom stereocenters. The minimum absolute atomic E-state index is 0.0112. The van der Waals surface area contributed by atoms with E-state index in [0.29, 0.717) is 27.5 Å². The van der Waals surface area contributed by atoms with Crippen LogP contribution in [0.25, 0.3) is 83.4 Å². The molecule has 0 atom stereocenters. The Morgan fingerprint density at radius 2 is 1.11 bits per heavy atom. The first-order chi connectivity index (χ1) is 56.8. The lowest BCUT2D eigenvalue weighted by Crippen LogP contribution is -2.34. The third-order valence-corrected chi connectivity index (χ3v) is 16.6. The van der Waals surface area contributed by atoms with Gasteiger partial charge in [-0.05, 0) is 187 Å². The van der Waals surface area contributed by atoms with Crippen molar-refractivity contribution in [3.8, 4) is 62.1 Å². The second kappa shape index (κ2) is 19.0. The van der Waals surface area contributed by atoms with E-state index in [1.54, 1.807) is 35.0 Å². The first-order valence-corrected chi connectivity index (χ1v) is 27.2. The summed E-state index contributed by atoms with van der Waals surface area (Å²) in [5.74, 6) is 0.464. The smallest absolute Gasteiger partial charge is 0.269 e. The number of hydrogen-bond donors (Lipinski definition) is 0. The van der Waals surface area contributed by atoms with Crippen molar-refractivity contribution in [1.29, 1.82) is 0 Å². The largest absolute Gasteiger partial charge is 0.458 e. The van der Waals surface area contributed by atoms with Crippen LogP contribution in [-0.2, 0) is 32.5 Å². The second-order valence-corrected chi connectivity index (χ2v) is 23.2. The zero-order valence-corrected chi connectivity index (χ0v) is 45.9. The molecule has 3 heterocycles. The fourth-order valence-corrected chi connectivity index (χ4v) is 12.1. The van der Waals surface area contributed by atoms with Gasteiger partial charge in [0.25, 0.3) is 6.33 Å². The molecule has 0 saturated heterocycles. The normalized spacial score (nSPS) is 28.8. The highest BCUT2D eigenvalue weighted by atomic mass is 16.5. The summed E-state index contributed by atoms with van der Waals surface area (Å²) >= 11 is 0. The van der Waals surface area contributed by atoms with Crippen molar-refractivity contribution >= 4 is 32.8 Å². The van der Waals surface area contributed by atoms with Crippen LogP contribution >= 0.6 is 0 Å². The monoisotopic (exact) mass is 1140 g/mol. The average Bonchev–Trinajstić information content (AvgIpc) is 0.949. The Kier molecular flexibility index (Phi) is 5.72. The Hall–Kier alpha value is -8.02. The summed E-state index contributed by atoms with van der Waals surface area (Å²) in [6.45, 7) is -30.5. The van der Waals surface area contributed by atoms with Gasteiger partial charge in [-0.3, -0.25) is 13.7 Å². The number of nitrogens with zero attached hydrogens (tertiary/aromatic N) is 4. The molecule has 3 aliphatic carbocycles. The zero-order chi connectivity index (χ0) is 93.4. The number of fused-ring (bicyclic) bond motifs is 7. The Labute approximate surface area is 555 Å². The van der Waals surface area contributed by atoms with E-state index < -0.39 is 195 Å². The number of ether oxygens (including phenoxy) is 1. The van der Waals surface area contributed by atoms with E-state index in [1.165, 1.54) is 64.7 Å². The van der Waals surface area contributed by atoms with Gasteiger partial charge in [0.1, 0.15) is 17.3 Å². The number of para-hydroxylation sites is 4. The van der Waals surface area contributed by atoms with Crippen molar-refractivity contribution in [3.63, 3.8) is 0 Å². The van der Waals surface area contributed by atoms with Gasteiger partial charge in [0.15, 0.2) is 0 Å². The summed E-state index contributed by atoms with van der Waals surface area (Å²) in [6, 6.07) is 23.8. The molecule has 8 aromatic carbocycles. The van der Waals surface area contributed by atoms with Crippen LogP contribution in [0.4, 0.5) is 0 Å². The number of imidazole rings is 1. The van der Waals surface area contributed by atoms with Crippen molar-refractivity contribution in [3.05, 3.63) is 221 Å². The van der Waals surface area contributed by atoms with Gasteiger partial charge >= 0.3 is 0 Å². The first kappa shape index (κ1) is 25.3. The maximum atomic E-state index is 10.4. The van der Waals surface area contributed by atoms with Crippen molar-refractivity contribution in [2.24, 2.45) is 0 Å². The molecule has 14 rings (SSSR count). The van der Waals surface area contributed by atoms with Gasteiger partial charge in [-0.1, -0.05) is 204 Å². The molecule has 5 heteroatoms. The molecule has 0 saturated carbocycles. The van der Waals surface area contributed by atoms with E-state index in [2.05, 4.69) is 46.2 Å². The first-order valence-electron chi connectivity index (χ1n) is 47.7. The van der Waals surface area contributed by atoms with Gasteiger partial charge in [-0.25, -0.2) is 4.98 Å². The van der Waals surface area contributed by atoms with Crippen LogP contribution in [0.1, 0.15) is 216 Å². The summed E-state index contributed by atoms with van der Waals surface area (Å²) in [5.41, 5.74) is -27.9. The van der Waals surface area contributed by atoms with Crippen molar-refractivity contribution in [2.45, 2.75) is 160 Å². The van der Waals surface area contributed by atoms with Crippen LogP contribution in [0.3, 0.4) is 0 Å². The molecule has 0 N–H and O–H groups in total. The second-order valence-electron chi connectivity index (χ2n) is 23.2. The number of benzene rings is 8. The van der Waals surface area contributed by atoms with Crippen LogP contribution in [-0.4, -0.2) is 14.1 Å². The molecule has 0 spiro atoms. The lowest BCUT2D eigenvalue weighted by atomic mass is 9.62. The molecule has 3 aromatic heterocycles. The van der Waals surface area contributed by atoms with Gasteiger partial charge in [0.2, 0.25) is 0 Å². The van der Waals surface area contributed by atoms with E-state index in [4.69, 9.17) is 46.7 Å².